The molecule has 3 rings (SSSR count). The van der Waals surface area contributed by atoms with Crippen LogP contribution in [0.5, 0.6) is 0 Å². The number of hydrogen-bond acceptors (Lipinski definition) is 4. The molecule has 1 aromatic rings. The molecule has 1 amide bonds. The molecule has 0 aromatic carbocycles. The second-order valence-corrected chi connectivity index (χ2v) is 6.94. The van der Waals surface area contributed by atoms with Crippen molar-refractivity contribution in [1.29, 1.82) is 0 Å². The fourth-order valence-corrected chi connectivity index (χ4v) is 3.39. The number of thioether (sulfide) groups is 1. The molecule has 5 nitrogen and oxygen atoms in total. The van der Waals surface area contributed by atoms with Crippen molar-refractivity contribution in [1.82, 2.24) is 20.5 Å². The molecule has 2 aliphatic rings. The lowest BCUT2D eigenvalue weighted by Gasteiger charge is -2.29. The first kappa shape index (κ1) is 13.9. The Hall–Kier alpha value is -1.04. The molecule has 2 unspecified atom stereocenters. The molecule has 0 saturated heterocycles. The minimum atomic E-state index is 0.103. The van der Waals surface area contributed by atoms with Crippen LogP contribution < -0.4 is 5.32 Å². The fourth-order valence-electron chi connectivity index (χ4n) is 2.77. The molecule has 0 bridgehead atoms. The van der Waals surface area contributed by atoms with Gasteiger partial charge in [-0.25, -0.2) is 4.98 Å². The Kier molecular flexibility index (Phi) is 4.29. The summed E-state index contributed by atoms with van der Waals surface area (Å²) in [5, 5.41) is 11.0. The van der Waals surface area contributed by atoms with E-state index in [0.29, 0.717) is 28.8 Å². The number of carbonyl (C=O) groups excluding carboxylic acids is 1. The van der Waals surface area contributed by atoms with Gasteiger partial charge in [0.1, 0.15) is 5.82 Å². The van der Waals surface area contributed by atoms with E-state index in [2.05, 4.69) is 27.4 Å². The van der Waals surface area contributed by atoms with Crippen LogP contribution in [0.15, 0.2) is 5.16 Å². The molecule has 110 valence electrons. The van der Waals surface area contributed by atoms with Crippen LogP contribution in [0.1, 0.15) is 57.2 Å². The van der Waals surface area contributed by atoms with Gasteiger partial charge in [-0.1, -0.05) is 31.5 Å². The highest BCUT2D eigenvalue weighted by atomic mass is 32.2. The summed E-state index contributed by atoms with van der Waals surface area (Å²) in [4.78, 5) is 16.4. The Balaban J connectivity index is 1.43. The van der Waals surface area contributed by atoms with Gasteiger partial charge in [0, 0.05) is 12.0 Å². The highest BCUT2D eigenvalue weighted by Crippen LogP contribution is 2.38. The van der Waals surface area contributed by atoms with Crippen LogP contribution in [0.25, 0.3) is 0 Å². The van der Waals surface area contributed by atoms with E-state index in [1.807, 2.05) is 0 Å². The van der Waals surface area contributed by atoms with Crippen LogP contribution in [0.2, 0.25) is 0 Å². The van der Waals surface area contributed by atoms with Crippen LogP contribution >= 0.6 is 11.8 Å². The number of nitrogens with one attached hydrogen (secondary N) is 2. The fraction of sp³-hybridized carbons (Fsp3) is 0.786. The van der Waals surface area contributed by atoms with Crippen molar-refractivity contribution in [3.63, 3.8) is 0 Å². The monoisotopic (exact) mass is 294 g/mol. The standard InChI is InChI=1S/C14H22N4OS/c1-9-4-2-3-5-11(9)15-12(19)8-20-14-16-13(17-18-14)10-6-7-10/h9-11H,2-8H2,1H3,(H,15,19)(H,16,17,18). The summed E-state index contributed by atoms with van der Waals surface area (Å²) in [6, 6.07) is 0.353. The van der Waals surface area contributed by atoms with Gasteiger partial charge in [0.05, 0.1) is 5.75 Å². The van der Waals surface area contributed by atoms with E-state index in [1.165, 1.54) is 43.9 Å². The van der Waals surface area contributed by atoms with E-state index in [1.54, 1.807) is 0 Å². The Morgan fingerprint density at radius 1 is 1.35 bits per heavy atom. The average molecular weight is 294 g/mol. The molecule has 0 spiro atoms. The molecule has 1 heterocycles. The summed E-state index contributed by atoms with van der Waals surface area (Å²) in [6.45, 7) is 2.23. The number of rotatable bonds is 5. The van der Waals surface area contributed by atoms with Gasteiger partial charge in [-0.3, -0.25) is 9.89 Å². The third-order valence-corrected chi connectivity index (χ3v) is 5.08. The van der Waals surface area contributed by atoms with Crippen molar-refractivity contribution in [3.05, 3.63) is 5.82 Å². The molecule has 20 heavy (non-hydrogen) atoms. The van der Waals surface area contributed by atoms with Crippen molar-refractivity contribution in [2.45, 2.75) is 62.6 Å². The van der Waals surface area contributed by atoms with E-state index in [9.17, 15) is 4.79 Å². The Bertz CT molecular complexity index is 471. The number of H-pyrrole nitrogens is 1. The van der Waals surface area contributed by atoms with Crippen LogP contribution in [0.3, 0.4) is 0 Å². The number of aromatic amines is 1. The van der Waals surface area contributed by atoms with Gasteiger partial charge in [-0.15, -0.1) is 5.10 Å². The van der Waals surface area contributed by atoms with Crippen LogP contribution in [0.4, 0.5) is 0 Å². The highest BCUT2D eigenvalue weighted by molar-refractivity contribution is 7.99. The zero-order chi connectivity index (χ0) is 13.9. The third-order valence-electron chi connectivity index (χ3n) is 4.24. The second-order valence-electron chi connectivity index (χ2n) is 6.00. The molecule has 2 saturated carbocycles. The van der Waals surface area contributed by atoms with Crippen LogP contribution in [-0.4, -0.2) is 32.9 Å². The lowest BCUT2D eigenvalue weighted by molar-refractivity contribution is -0.119. The first-order chi connectivity index (χ1) is 9.72. The Labute approximate surface area is 123 Å². The van der Waals surface area contributed by atoms with Crippen LogP contribution in [0, 0.1) is 5.92 Å². The zero-order valence-corrected chi connectivity index (χ0v) is 12.7. The van der Waals surface area contributed by atoms with E-state index >= 15 is 0 Å². The summed E-state index contributed by atoms with van der Waals surface area (Å²) in [5.74, 6) is 2.67. The Morgan fingerprint density at radius 3 is 2.90 bits per heavy atom. The van der Waals surface area contributed by atoms with Gasteiger partial charge in [-0.2, -0.15) is 0 Å². The summed E-state index contributed by atoms with van der Waals surface area (Å²) in [6.07, 6.45) is 7.28. The molecule has 2 atom stereocenters. The van der Waals surface area contributed by atoms with Gasteiger partial charge >= 0.3 is 0 Å². The predicted octanol–water partition coefficient (Wildman–Crippen LogP) is 2.47. The van der Waals surface area contributed by atoms with Gasteiger partial charge in [0.15, 0.2) is 0 Å². The number of amides is 1. The minimum Gasteiger partial charge on any atom is -0.352 e. The number of hydrogen-bond donors (Lipinski definition) is 2. The van der Waals surface area contributed by atoms with Crippen molar-refractivity contribution in [2.24, 2.45) is 5.92 Å². The van der Waals surface area contributed by atoms with E-state index in [0.717, 1.165) is 12.2 Å². The van der Waals surface area contributed by atoms with E-state index in [-0.39, 0.29) is 5.91 Å². The molecule has 2 N–H and O–H groups in total. The van der Waals surface area contributed by atoms with Crippen molar-refractivity contribution >= 4 is 17.7 Å². The molecule has 0 aliphatic heterocycles. The zero-order valence-electron chi connectivity index (χ0n) is 11.9. The first-order valence-electron chi connectivity index (χ1n) is 7.57. The highest BCUT2D eigenvalue weighted by Gasteiger charge is 2.27. The maximum atomic E-state index is 12.0. The predicted molar refractivity (Wildman–Crippen MR) is 78.6 cm³/mol. The summed E-state index contributed by atoms with van der Waals surface area (Å²) in [5.41, 5.74) is 0. The van der Waals surface area contributed by atoms with E-state index < -0.39 is 0 Å². The third kappa shape index (κ3) is 3.53. The maximum absolute atomic E-state index is 12.0. The van der Waals surface area contributed by atoms with Crippen molar-refractivity contribution < 1.29 is 4.79 Å². The maximum Gasteiger partial charge on any atom is 0.230 e. The largest absolute Gasteiger partial charge is 0.352 e. The number of aromatic nitrogens is 3. The quantitative estimate of drug-likeness (QED) is 0.818. The van der Waals surface area contributed by atoms with Crippen LogP contribution in [-0.2, 0) is 4.79 Å². The molecule has 0 radical (unpaired) electrons. The smallest absolute Gasteiger partial charge is 0.230 e. The molecule has 2 fully saturated rings. The molecule has 2 aliphatic carbocycles. The lowest BCUT2D eigenvalue weighted by atomic mass is 9.86. The minimum absolute atomic E-state index is 0.103. The molecular weight excluding hydrogens is 272 g/mol. The van der Waals surface area contributed by atoms with Gasteiger partial charge in [-0.05, 0) is 31.6 Å². The van der Waals surface area contributed by atoms with Gasteiger partial charge in [0.25, 0.3) is 0 Å². The molecule has 6 heteroatoms. The Morgan fingerprint density at radius 2 is 2.15 bits per heavy atom. The topological polar surface area (TPSA) is 70.7 Å². The van der Waals surface area contributed by atoms with E-state index in [4.69, 9.17) is 0 Å². The van der Waals surface area contributed by atoms with Gasteiger partial charge < -0.3 is 5.32 Å². The number of carbonyl (C=O) groups is 1. The molecular formula is C14H22N4OS. The molecule has 1 aromatic heterocycles. The lowest BCUT2D eigenvalue weighted by Crippen LogP contribution is -2.41. The second kappa shape index (κ2) is 6.16. The van der Waals surface area contributed by atoms with Crippen molar-refractivity contribution in [2.75, 3.05) is 5.75 Å². The first-order valence-corrected chi connectivity index (χ1v) is 8.55. The summed E-state index contributed by atoms with van der Waals surface area (Å²) in [7, 11) is 0. The summed E-state index contributed by atoms with van der Waals surface area (Å²) >= 11 is 1.42. The summed E-state index contributed by atoms with van der Waals surface area (Å²) < 4.78 is 0. The normalized spacial score (nSPS) is 26.4. The van der Waals surface area contributed by atoms with Gasteiger partial charge in [0.2, 0.25) is 11.1 Å². The SMILES string of the molecule is CC1CCCCC1NC(=O)CSc1n[nH]c(C2CC2)n1. The average Bonchev–Trinajstić information content (AvgIpc) is 3.18. The number of nitrogens with zero attached hydrogens (tertiary/aromatic N) is 2. The van der Waals surface area contributed by atoms with Crippen molar-refractivity contribution in [3.8, 4) is 0 Å².